The van der Waals surface area contributed by atoms with E-state index in [1.807, 2.05) is 19.9 Å². The number of nitrogens with two attached hydrogens (primary N) is 1. The highest BCUT2D eigenvalue weighted by Crippen LogP contribution is 2.34. The molecule has 0 aliphatic heterocycles. The Balaban J connectivity index is 2.70. The Hall–Kier alpha value is -1.94. The van der Waals surface area contributed by atoms with Gasteiger partial charge in [0, 0.05) is 24.5 Å². The Labute approximate surface area is 107 Å². The average molecular weight is 243 g/mol. The molecule has 94 valence electrons. The van der Waals surface area contributed by atoms with Crippen LogP contribution in [0.2, 0.25) is 0 Å². The number of nitrogens with zero attached hydrogens (tertiary/aromatic N) is 2. The van der Waals surface area contributed by atoms with Crippen molar-refractivity contribution in [1.82, 2.24) is 9.97 Å². The maximum atomic E-state index is 5.72. The van der Waals surface area contributed by atoms with Gasteiger partial charge in [0.05, 0.1) is 18.5 Å². The summed E-state index contributed by atoms with van der Waals surface area (Å²) in [5.41, 5.74) is 10.5. The number of benzene rings is 1. The molecule has 0 bridgehead atoms. The normalized spacial score (nSPS) is 10.4. The molecule has 0 saturated heterocycles. The van der Waals surface area contributed by atoms with E-state index < -0.39 is 0 Å². The Bertz CT molecular complexity index is 567. The minimum Gasteiger partial charge on any atom is -0.496 e. The van der Waals surface area contributed by atoms with Crippen LogP contribution in [0.25, 0.3) is 11.3 Å². The SMILES string of the molecule is COc1cc(C)cc(C)c1-c1nccnc1CN. The summed E-state index contributed by atoms with van der Waals surface area (Å²) in [6.07, 6.45) is 3.33. The predicted octanol–water partition coefficient (Wildman–Crippen LogP) is 2.23. The van der Waals surface area contributed by atoms with Crippen LogP contribution in [-0.2, 0) is 6.54 Å². The molecule has 4 heteroatoms. The van der Waals surface area contributed by atoms with Crippen LogP contribution in [0.15, 0.2) is 24.5 Å². The molecule has 0 atom stereocenters. The van der Waals surface area contributed by atoms with Crippen molar-refractivity contribution in [3.8, 4) is 17.0 Å². The smallest absolute Gasteiger partial charge is 0.128 e. The van der Waals surface area contributed by atoms with Gasteiger partial charge in [-0.25, -0.2) is 0 Å². The molecule has 2 N–H and O–H groups in total. The van der Waals surface area contributed by atoms with Crippen molar-refractivity contribution in [2.24, 2.45) is 5.73 Å². The first-order valence-electron chi connectivity index (χ1n) is 5.83. The van der Waals surface area contributed by atoms with Crippen molar-refractivity contribution in [2.45, 2.75) is 20.4 Å². The van der Waals surface area contributed by atoms with E-state index in [9.17, 15) is 0 Å². The Morgan fingerprint density at radius 2 is 1.89 bits per heavy atom. The van der Waals surface area contributed by atoms with Gasteiger partial charge in [-0.2, -0.15) is 0 Å². The highest BCUT2D eigenvalue weighted by atomic mass is 16.5. The minimum atomic E-state index is 0.361. The molecule has 0 radical (unpaired) electrons. The summed E-state index contributed by atoms with van der Waals surface area (Å²) in [5.74, 6) is 0.808. The number of aromatic nitrogens is 2. The van der Waals surface area contributed by atoms with Crippen molar-refractivity contribution < 1.29 is 4.74 Å². The molecule has 0 fully saturated rings. The number of methoxy groups -OCH3 is 1. The maximum Gasteiger partial charge on any atom is 0.128 e. The van der Waals surface area contributed by atoms with Crippen LogP contribution in [-0.4, -0.2) is 17.1 Å². The molecule has 2 rings (SSSR count). The third-order valence-electron chi connectivity index (χ3n) is 2.87. The van der Waals surface area contributed by atoms with E-state index in [4.69, 9.17) is 10.5 Å². The molecule has 2 aromatic rings. The first-order chi connectivity index (χ1) is 8.67. The molecule has 1 aromatic carbocycles. The van der Waals surface area contributed by atoms with Crippen LogP contribution < -0.4 is 10.5 Å². The van der Waals surface area contributed by atoms with Crippen molar-refractivity contribution in [1.29, 1.82) is 0 Å². The molecule has 18 heavy (non-hydrogen) atoms. The molecule has 0 unspecified atom stereocenters. The van der Waals surface area contributed by atoms with Crippen LogP contribution in [0.5, 0.6) is 5.75 Å². The largest absolute Gasteiger partial charge is 0.496 e. The van der Waals surface area contributed by atoms with Gasteiger partial charge < -0.3 is 10.5 Å². The van der Waals surface area contributed by atoms with E-state index in [0.717, 1.165) is 33.8 Å². The lowest BCUT2D eigenvalue weighted by Crippen LogP contribution is -2.05. The summed E-state index contributed by atoms with van der Waals surface area (Å²) >= 11 is 0. The molecule has 4 nitrogen and oxygen atoms in total. The summed E-state index contributed by atoms with van der Waals surface area (Å²) in [6, 6.07) is 4.10. The number of hydrogen-bond donors (Lipinski definition) is 1. The first kappa shape index (κ1) is 12.5. The van der Waals surface area contributed by atoms with Crippen LogP contribution in [0.3, 0.4) is 0 Å². The topological polar surface area (TPSA) is 61.0 Å². The zero-order chi connectivity index (χ0) is 13.1. The van der Waals surface area contributed by atoms with E-state index in [-0.39, 0.29) is 0 Å². The number of aryl methyl sites for hydroxylation is 2. The molecular weight excluding hydrogens is 226 g/mol. The maximum absolute atomic E-state index is 5.72. The summed E-state index contributed by atoms with van der Waals surface area (Å²) in [7, 11) is 1.66. The molecule has 0 saturated carbocycles. The van der Waals surface area contributed by atoms with E-state index in [2.05, 4.69) is 16.0 Å². The van der Waals surface area contributed by atoms with Crippen molar-refractivity contribution in [3.63, 3.8) is 0 Å². The average Bonchev–Trinajstić information content (AvgIpc) is 2.38. The summed E-state index contributed by atoms with van der Waals surface area (Å²) in [5, 5.41) is 0. The van der Waals surface area contributed by atoms with Gasteiger partial charge in [-0.3, -0.25) is 9.97 Å². The third-order valence-corrected chi connectivity index (χ3v) is 2.87. The Morgan fingerprint density at radius 1 is 1.17 bits per heavy atom. The highest BCUT2D eigenvalue weighted by molar-refractivity contribution is 5.73. The van der Waals surface area contributed by atoms with E-state index >= 15 is 0 Å². The molecule has 1 heterocycles. The summed E-state index contributed by atoms with van der Waals surface area (Å²) in [6.45, 7) is 4.44. The summed E-state index contributed by atoms with van der Waals surface area (Å²) in [4.78, 5) is 8.67. The quantitative estimate of drug-likeness (QED) is 0.898. The van der Waals surface area contributed by atoms with Crippen molar-refractivity contribution in [2.75, 3.05) is 7.11 Å². The molecule has 0 aliphatic rings. The van der Waals surface area contributed by atoms with Crippen LogP contribution in [0.1, 0.15) is 16.8 Å². The third kappa shape index (κ3) is 2.19. The van der Waals surface area contributed by atoms with Crippen LogP contribution >= 0.6 is 0 Å². The Morgan fingerprint density at radius 3 is 2.56 bits per heavy atom. The molecule has 0 spiro atoms. The van der Waals surface area contributed by atoms with Gasteiger partial charge in [0.1, 0.15) is 5.75 Å². The zero-order valence-electron chi connectivity index (χ0n) is 10.9. The second kappa shape index (κ2) is 5.14. The van der Waals surface area contributed by atoms with E-state index in [0.29, 0.717) is 6.54 Å². The second-order valence-corrected chi connectivity index (χ2v) is 4.21. The molecular formula is C14H17N3O. The highest BCUT2D eigenvalue weighted by Gasteiger charge is 2.15. The predicted molar refractivity (Wildman–Crippen MR) is 71.4 cm³/mol. The van der Waals surface area contributed by atoms with Gasteiger partial charge in [0.25, 0.3) is 0 Å². The fourth-order valence-electron chi connectivity index (χ4n) is 2.12. The van der Waals surface area contributed by atoms with Gasteiger partial charge in [0.2, 0.25) is 0 Å². The first-order valence-corrected chi connectivity index (χ1v) is 5.83. The molecule has 0 amide bonds. The van der Waals surface area contributed by atoms with E-state index in [1.54, 1.807) is 19.5 Å². The van der Waals surface area contributed by atoms with Gasteiger partial charge in [-0.1, -0.05) is 6.07 Å². The number of hydrogen-bond acceptors (Lipinski definition) is 4. The van der Waals surface area contributed by atoms with E-state index in [1.165, 1.54) is 0 Å². The lowest BCUT2D eigenvalue weighted by Gasteiger charge is -2.14. The van der Waals surface area contributed by atoms with Gasteiger partial charge in [0.15, 0.2) is 0 Å². The fraction of sp³-hybridized carbons (Fsp3) is 0.286. The Kier molecular flexibility index (Phi) is 3.58. The van der Waals surface area contributed by atoms with Crippen LogP contribution in [0, 0.1) is 13.8 Å². The summed E-state index contributed by atoms with van der Waals surface area (Å²) < 4.78 is 5.45. The number of rotatable bonds is 3. The second-order valence-electron chi connectivity index (χ2n) is 4.21. The minimum absolute atomic E-state index is 0.361. The lowest BCUT2D eigenvalue weighted by molar-refractivity contribution is 0.415. The number of ether oxygens (including phenoxy) is 1. The van der Waals surface area contributed by atoms with Crippen molar-refractivity contribution in [3.05, 3.63) is 41.3 Å². The fourth-order valence-corrected chi connectivity index (χ4v) is 2.12. The molecule has 1 aromatic heterocycles. The van der Waals surface area contributed by atoms with Gasteiger partial charge >= 0.3 is 0 Å². The van der Waals surface area contributed by atoms with Gasteiger partial charge in [-0.15, -0.1) is 0 Å². The van der Waals surface area contributed by atoms with Crippen LogP contribution in [0.4, 0.5) is 0 Å². The van der Waals surface area contributed by atoms with Gasteiger partial charge in [-0.05, 0) is 31.0 Å². The molecule has 0 aliphatic carbocycles. The standard InChI is InChI=1S/C14H17N3O/c1-9-6-10(2)13(12(7-9)18-3)14-11(8-15)16-4-5-17-14/h4-7H,8,15H2,1-3H3. The monoisotopic (exact) mass is 243 g/mol. The van der Waals surface area contributed by atoms with Crippen molar-refractivity contribution >= 4 is 0 Å². The zero-order valence-corrected chi connectivity index (χ0v) is 10.9. The lowest BCUT2D eigenvalue weighted by atomic mass is 10.00.